The number of hydrogen-bond donors (Lipinski definition) is 0. The summed E-state index contributed by atoms with van der Waals surface area (Å²) in [5.41, 5.74) is -0.494. The predicted molar refractivity (Wildman–Crippen MR) is 122 cm³/mol. The van der Waals surface area contributed by atoms with Crippen molar-refractivity contribution < 1.29 is 33.3 Å². The Labute approximate surface area is 199 Å². The third kappa shape index (κ3) is 7.85. The van der Waals surface area contributed by atoms with Crippen LogP contribution < -0.4 is 0 Å². The van der Waals surface area contributed by atoms with E-state index in [9.17, 15) is 14.4 Å². The lowest BCUT2D eigenvalue weighted by Crippen LogP contribution is -2.45. The van der Waals surface area contributed by atoms with Crippen molar-refractivity contribution in [2.75, 3.05) is 40.5 Å². The number of hydrogen-bond acceptors (Lipinski definition) is 9. The number of carbonyl (C=O) groups excluding carboxylic acids is 3. The SMILES string of the molecule is COC(=O)c1csc([C@@H](C[C@H](C(C)C)N(C)C(=O)OC(C)(C)C)OC(=O)N2CCOCC2)n1. The van der Waals surface area contributed by atoms with E-state index in [1.165, 1.54) is 23.3 Å². The van der Waals surface area contributed by atoms with E-state index in [0.29, 0.717) is 31.3 Å². The predicted octanol–water partition coefficient (Wildman–Crippen LogP) is 3.72. The van der Waals surface area contributed by atoms with Gasteiger partial charge in [-0.05, 0) is 26.7 Å². The van der Waals surface area contributed by atoms with Crippen molar-refractivity contribution in [3.8, 4) is 0 Å². The maximum absolute atomic E-state index is 12.8. The quantitative estimate of drug-likeness (QED) is 0.425. The fraction of sp³-hybridized carbons (Fsp3) is 0.727. The molecule has 2 atom stereocenters. The number of methoxy groups -OCH3 is 1. The molecule has 33 heavy (non-hydrogen) atoms. The molecule has 1 aliphatic rings. The molecular formula is C22H35N3O7S. The molecule has 0 radical (unpaired) electrons. The number of morpholine rings is 1. The van der Waals surface area contributed by atoms with Gasteiger partial charge in [0.1, 0.15) is 10.6 Å². The molecule has 1 aromatic rings. The lowest BCUT2D eigenvalue weighted by atomic mass is 9.96. The van der Waals surface area contributed by atoms with Crippen molar-refractivity contribution in [1.29, 1.82) is 0 Å². The van der Waals surface area contributed by atoms with E-state index in [4.69, 9.17) is 18.9 Å². The van der Waals surface area contributed by atoms with Crippen LogP contribution in [0.2, 0.25) is 0 Å². The normalized spacial score (nSPS) is 16.2. The Morgan fingerprint density at radius 1 is 1.24 bits per heavy atom. The Balaban J connectivity index is 2.27. The first kappa shape index (κ1) is 26.8. The summed E-state index contributed by atoms with van der Waals surface area (Å²) in [6.07, 6.45) is -1.42. The number of esters is 1. The molecule has 186 valence electrons. The number of nitrogens with zero attached hydrogens (tertiary/aromatic N) is 3. The molecule has 2 amide bonds. The van der Waals surface area contributed by atoms with Gasteiger partial charge in [-0.3, -0.25) is 0 Å². The van der Waals surface area contributed by atoms with E-state index < -0.39 is 29.9 Å². The molecule has 1 fully saturated rings. The van der Waals surface area contributed by atoms with Gasteiger partial charge in [0.05, 0.1) is 20.3 Å². The van der Waals surface area contributed by atoms with Gasteiger partial charge < -0.3 is 28.7 Å². The summed E-state index contributed by atoms with van der Waals surface area (Å²) in [6.45, 7) is 11.1. The zero-order valence-corrected chi connectivity index (χ0v) is 21.3. The maximum Gasteiger partial charge on any atom is 0.410 e. The molecule has 11 heteroatoms. The molecule has 2 heterocycles. The first-order chi connectivity index (χ1) is 15.4. The Bertz CT molecular complexity index is 815. The summed E-state index contributed by atoms with van der Waals surface area (Å²) in [5, 5.41) is 2.03. The summed E-state index contributed by atoms with van der Waals surface area (Å²) in [5.74, 6) is -0.533. The van der Waals surface area contributed by atoms with Gasteiger partial charge >= 0.3 is 18.2 Å². The molecule has 1 saturated heterocycles. The Hall–Kier alpha value is -2.40. The highest BCUT2D eigenvalue weighted by Crippen LogP contribution is 2.31. The van der Waals surface area contributed by atoms with Crippen LogP contribution in [-0.4, -0.2) is 85.0 Å². The zero-order chi connectivity index (χ0) is 24.8. The van der Waals surface area contributed by atoms with Crippen LogP contribution in [-0.2, 0) is 18.9 Å². The summed E-state index contributed by atoms with van der Waals surface area (Å²) in [6, 6.07) is -0.312. The topological polar surface area (TPSA) is 108 Å². The highest BCUT2D eigenvalue weighted by molar-refractivity contribution is 7.09. The molecular weight excluding hydrogens is 450 g/mol. The van der Waals surface area contributed by atoms with E-state index in [0.717, 1.165) is 0 Å². The minimum Gasteiger partial charge on any atom is -0.464 e. The molecule has 10 nitrogen and oxygen atoms in total. The summed E-state index contributed by atoms with van der Waals surface area (Å²) in [7, 11) is 2.95. The molecule has 0 bridgehead atoms. The number of aromatic nitrogens is 1. The summed E-state index contributed by atoms with van der Waals surface area (Å²) < 4.78 is 21.4. The minimum absolute atomic E-state index is 0.0344. The Kier molecular flexibility index (Phi) is 9.47. The van der Waals surface area contributed by atoms with Crippen LogP contribution in [0.4, 0.5) is 9.59 Å². The lowest BCUT2D eigenvalue weighted by molar-refractivity contribution is -0.00534. The lowest BCUT2D eigenvalue weighted by Gasteiger charge is -2.35. The molecule has 0 spiro atoms. The van der Waals surface area contributed by atoms with Crippen LogP contribution >= 0.6 is 11.3 Å². The highest BCUT2D eigenvalue weighted by atomic mass is 32.1. The second-order valence-corrected chi connectivity index (χ2v) is 10.1. The first-order valence-electron chi connectivity index (χ1n) is 11.0. The van der Waals surface area contributed by atoms with Gasteiger partial charge in [-0.2, -0.15) is 0 Å². The second kappa shape index (κ2) is 11.6. The van der Waals surface area contributed by atoms with E-state index in [1.807, 2.05) is 13.8 Å². The van der Waals surface area contributed by atoms with Gasteiger partial charge in [0.15, 0.2) is 11.8 Å². The molecule has 0 aromatic carbocycles. The van der Waals surface area contributed by atoms with E-state index in [2.05, 4.69) is 4.98 Å². The third-order valence-corrected chi connectivity index (χ3v) is 6.05. The van der Waals surface area contributed by atoms with Crippen molar-refractivity contribution >= 4 is 29.5 Å². The van der Waals surface area contributed by atoms with Crippen LogP contribution in [0.1, 0.15) is 62.6 Å². The van der Waals surface area contributed by atoms with Crippen molar-refractivity contribution in [2.24, 2.45) is 5.92 Å². The van der Waals surface area contributed by atoms with Gasteiger partial charge in [0, 0.05) is 38.0 Å². The molecule has 1 aromatic heterocycles. The zero-order valence-electron chi connectivity index (χ0n) is 20.5. The van der Waals surface area contributed by atoms with Crippen LogP contribution in [0, 0.1) is 5.92 Å². The average Bonchev–Trinajstić information content (AvgIpc) is 3.24. The molecule has 1 aliphatic heterocycles. The Morgan fingerprint density at radius 2 is 1.88 bits per heavy atom. The largest absolute Gasteiger partial charge is 0.464 e. The maximum atomic E-state index is 12.8. The number of ether oxygens (including phenoxy) is 4. The molecule has 0 aliphatic carbocycles. The summed E-state index contributed by atoms with van der Waals surface area (Å²) >= 11 is 1.21. The van der Waals surface area contributed by atoms with Crippen LogP contribution in [0.5, 0.6) is 0 Å². The van der Waals surface area contributed by atoms with Gasteiger partial charge in [-0.25, -0.2) is 19.4 Å². The van der Waals surface area contributed by atoms with Gasteiger partial charge in [-0.1, -0.05) is 13.8 Å². The monoisotopic (exact) mass is 485 g/mol. The van der Waals surface area contributed by atoms with Gasteiger partial charge in [0.2, 0.25) is 0 Å². The van der Waals surface area contributed by atoms with Crippen LogP contribution in [0.25, 0.3) is 0 Å². The van der Waals surface area contributed by atoms with E-state index in [-0.39, 0.29) is 24.1 Å². The number of carbonyl (C=O) groups is 3. The third-order valence-electron chi connectivity index (χ3n) is 5.11. The van der Waals surface area contributed by atoms with Crippen LogP contribution in [0.15, 0.2) is 5.38 Å². The summed E-state index contributed by atoms with van der Waals surface area (Å²) in [4.78, 5) is 44.9. The minimum atomic E-state index is -0.763. The van der Waals surface area contributed by atoms with Gasteiger partial charge in [-0.15, -0.1) is 11.3 Å². The Morgan fingerprint density at radius 3 is 2.42 bits per heavy atom. The molecule has 0 N–H and O–H groups in total. The molecule has 0 unspecified atom stereocenters. The van der Waals surface area contributed by atoms with Crippen LogP contribution in [0.3, 0.4) is 0 Å². The fourth-order valence-corrected chi connectivity index (χ4v) is 4.17. The number of rotatable bonds is 7. The smallest absolute Gasteiger partial charge is 0.410 e. The molecule has 2 rings (SSSR count). The highest BCUT2D eigenvalue weighted by Gasteiger charge is 2.34. The average molecular weight is 486 g/mol. The number of thiazole rings is 1. The van der Waals surface area contributed by atoms with Gasteiger partial charge in [0.25, 0.3) is 0 Å². The van der Waals surface area contributed by atoms with Crippen molar-refractivity contribution in [1.82, 2.24) is 14.8 Å². The van der Waals surface area contributed by atoms with Crippen molar-refractivity contribution in [3.05, 3.63) is 16.1 Å². The standard InChI is InChI=1S/C22H35N3O7S/c1-14(2)16(24(6)20(27)32-22(3,4)5)12-17(18-23-15(13-33-18)19(26)29-7)31-21(28)25-8-10-30-11-9-25/h13-14,16-17H,8-12H2,1-7H3/t16-,17-/m1/s1. The molecule has 0 saturated carbocycles. The second-order valence-electron chi connectivity index (χ2n) is 9.17. The van der Waals surface area contributed by atoms with Crippen molar-refractivity contribution in [3.63, 3.8) is 0 Å². The van der Waals surface area contributed by atoms with Crippen molar-refractivity contribution in [2.45, 2.75) is 58.8 Å². The number of amides is 2. The van der Waals surface area contributed by atoms with E-state index >= 15 is 0 Å². The fourth-order valence-electron chi connectivity index (χ4n) is 3.34. The first-order valence-corrected chi connectivity index (χ1v) is 11.8. The van der Waals surface area contributed by atoms with E-state index in [1.54, 1.807) is 38.1 Å².